The van der Waals surface area contributed by atoms with Gasteiger partial charge in [0.05, 0.1) is 15.7 Å². The highest BCUT2D eigenvalue weighted by molar-refractivity contribution is 6.39. The van der Waals surface area contributed by atoms with E-state index in [4.69, 9.17) is 28.9 Å². The Morgan fingerprint density at radius 2 is 1.65 bits per heavy atom. The first kappa shape index (κ1) is 15.4. The first-order chi connectivity index (χ1) is 9.31. The van der Waals surface area contributed by atoms with Gasteiger partial charge in [0.1, 0.15) is 0 Å². The van der Waals surface area contributed by atoms with Gasteiger partial charge in [-0.15, -0.1) is 0 Å². The third-order valence-electron chi connectivity index (χ3n) is 3.97. The molecule has 20 heavy (non-hydrogen) atoms. The number of halogens is 2. The zero-order chi connectivity index (χ0) is 15.0. The molecule has 1 heterocycles. The van der Waals surface area contributed by atoms with E-state index in [0.29, 0.717) is 46.5 Å². The van der Waals surface area contributed by atoms with Crippen LogP contribution in [0.1, 0.15) is 24.2 Å². The largest absolute Gasteiger partial charge is 0.396 e. The zero-order valence-electron chi connectivity index (χ0n) is 11.9. The molecule has 1 aliphatic rings. The van der Waals surface area contributed by atoms with Crippen LogP contribution in [-0.2, 0) is 0 Å². The summed E-state index contributed by atoms with van der Waals surface area (Å²) in [6.45, 7) is 5.61. The molecular formula is C14H19Cl2N3O. The third-order valence-corrected chi connectivity index (χ3v) is 4.60. The van der Waals surface area contributed by atoms with E-state index in [-0.39, 0.29) is 5.91 Å². The van der Waals surface area contributed by atoms with Crippen LogP contribution in [0.4, 0.5) is 5.69 Å². The maximum atomic E-state index is 12.6. The summed E-state index contributed by atoms with van der Waals surface area (Å²) in [5, 5.41) is 0.632. The monoisotopic (exact) mass is 315 g/mol. The Morgan fingerprint density at radius 1 is 1.20 bits per heavy atom. The SMILES string of the molecule is CC1CN(C(=O)c2cc(Cl)c(N)c(Cl)c2)CC(C)N1C. The maximum absolute atomic E-state index is 12.6. The second-order valence-electron chi connectivity index (χ2n) is 5.43. The normalized spacial score (nSPS) is 23.9. The molecule has 2 rings (SSSR count). The van der Waals surface area contributed by atoms with Crippen LogP contribution in [0.15, 0.2) is 12.1 Å². The average Bonchev–Trinajstić information content (AvgIpc) is 2.40. The van der Waals surface area contributed by atoms with Gasteiger partial charge >= 0.3 is 0 Å². The number of nitrogen functional groups attached to an aromatic ring is 1. The summed E-state index contributed by atoms with van der Waals surface area (Å²) >= 11 is 12.0. The molecule has 0 aromatic heterocycles. The summed E-state index contributed by atoms with van der Waals surface area (Å²) in [4.78, 5) is 16.7. The van der Waals surface area contributed by atoms with Crippen LogP contribution in [0.25, 0.3) is 0 Å². The average molecular weight is 316 g/mol. The minimum Gasteiger partial charge on any atom is -0.396 e. The van der Waals surface area contributed by atoms with Crippen LogP contribution in [0.2, 0.25) is 10.0 Å². The molecule has 1 saturated heterocycles. The number of piperazine rings is 1. The van der Waals surface area contributed by atoms with Crippen molar-refractivity contribution in [1.82, 2.24) is 9.80 Å². The van der Waals surface area contributed by atoms with Gasteiger partial charge in [-0.25, -0.2) is 0 Å². The van der Waals surface area contributed by atoms with Gasteiger partial charge < -0.3 is 10.6 Å². The van der Waals surface area contributed by atoms with Gasteiger partial charge in [0.25, 0.3) is 5.91 Å². The molecule has 4 nitrogen and oxygen atoms in total. The van der Waals surface area contributed by atoms with Gasteiger partial charge in [-0.3, -0.25) is 9.69 Å². The second kappa shape index (κ2) is 5.80. The van der Waals surface area contributed by atoms with Crippen molar-refractivity contribution in [3.8, 4) is 0 Å². The summed E-state index contributed by atoms with van der Waals surface area (Å²) in [5.74, 6) is -0.0550. The van der Waals surface area contributed by atoms with Crippen LogP contribution in [0.5, 0.6) is 0 Å². The lowest BCUT2D eigenvalue weighted by Crippen LogP contribution is -2.56. The molecule has 0 radical (unpaired) electrons. The molecule has 1 aromatic carbocycles. The summed E-state index contributed by atoms with van der Waals surface area (Å²) in [6.07, 6.45) is 0. The fourth-order valence-electron chi connectivity index (χ4n) is 2.46. The van der Waals surface area contributed by atoms with Crippen molar-refractivity contribution in [2.75, 3.05) is 25.9 Å². The van der Waals surface area contributed by atoms with E-state index < -0.39 is 0 Å². The van der Waals surface area contributed by atoms with E-state index in [0.717, 1.165) is 0 Å². The van der Waals surface area contributed by atoms with E-state index in [1.54, 1.807) is 12.1 Å². The second-order valence-corrected chi connectivity index (χ2v) is 6.24. The van der Waals surface area contributed by atoms with Crippen LogP contribution in [0, 0.1) is 0 Å². The van der Waals surface area contributed by atoms with Crippen molar-refractivity contribution in [3.63, 3.8) is 0 Å². The first-order valence-electron chi connectivity index (χ1n) is 6.57. The quantitative estimate of drug-likeness (QED) is 0.811. The molecule has 0 spiro atoms. The Kier molecular flexibility index (Phi) is 4.47. The van der Waals surface area contributed by atoms with E-state index in [1.165, 1.54) is 0 Å². The Morgan fingerprint density at radius 3 is 2.10 bits per heavy atom. The maximum Gasteiger partial charge on any atom is 0.254 e. The highest BCUT2D eigenvalue weighted by atomic mass is 35.5. The molecule has 0 saturated carbocycles. The predicted molar refractivity (Wildman–Crippen MR) is 83.5 cm³/mol. The van der Waals surface area contributed by atoms with Crippen LogP contribution < -0.4 is 5.73 Å². The minimum absolute atomic E-state index is 0.0550. The van der Waals surface area contributed by atoms with Gasteiger partial charge in [-0.05, 0) is 33.0 Å². The van der Waals surface area contributed by atoms with Gasteiger partial charge in [0.2, 0.25) is 0 Å². The topological polar surface area (TPSA) is 49.6 Å². The predicted octanol–water partition coefficient (Wildman–Crippen LogP) is 2.74. The molecule has 0 aliphatic carbocycles. The molecule has 1 fully saturated rings. The summed E-state index contributed by atoms with van der Waals surface area (Å²) in [7, 11) is 2.08. The van der Waals surface area contributed by atoms with E-state index in [1.807, 2.05) is 4.90 Å². The van der Waals surface area contributed by atoms with Gasteiger partial charge in [0.15, 0.2) is 0 Å². The van der Waals surface area contributed by atoms with Crippen molar-refractivity contribution in [2.24, 2.45) is 0 Å². The molecule has 2 N–H and O–H groups in total. The first-order valence-corrected chi connectivity index (χ1v) is 7.32. The Balaban J connectivity index is 2.24. The van der Waals surface area contributed by atoms with Crippen molar-refractivity contribution in [3.05, 3.63) is 27.7 Å². The molecule has 6 heteroatoms. The molecule has 0 bridgehead atoms. The highest BCUT2D eigenvalue weighted by Gasteiger charge is 2.30. The summed E-state index contributed by atoms with van der Waals surface area (Å²) in [6, 6.07) is 3.81. The lowest BCUT2D eigenvalue weighted by Gasteiger charge is -2.42. The third kappa shape index (κ3) is 2.87. The Bertz CT molecular complexity index is 500. The number of hydrogen-bond donors (Lipinski definition) is 1. The molecule has 2 unspecified atom stereocenters. The van der Waals surface area contributed by atoms with Gasteiger partial charge in [0, 0.05) is 30.7 Å². The summed E-state index contributed by atoms with van der Waals surface area (Å²) in [5.41, 5.74) is 6.49. The van der Waals surface area contributed by atoms with Crippen molar-refractivity contribution in [1.29, 1.82) is 0 Å². The van der Waals surface area contributed by atoms with E-state index >= 15 is 0 Å². The lowest BCUT2D eigenvalue weighted by atomic mass is 10.1. The van der Waals surface area contributed by atoms with Crippen molar-refractivity contribution >= 4 is 34.8 Å². The van der Waals surface area contributed by atoms with Gasteiger partial charge in [-0.1, -0.05) is 23.2 Å². The fraction of sp³-hybridized carbons (Fsp3) is 0.500. The molecule has 110 valence electrons. The van der Waals surface area contributed by atoms with E-state index in [2.05, 4.69) is 25.8 Å². The van der Waals surface area contributed by atoms with Crippen LogP contribution >= 0.6 is 23.2 Å². The van der Waals surface area contributed by atoms with Crippen molar-refractivity contribution in [2.45, 2.75) is 25.9 Å². The zero-order valence-corrected chi connectivity index (χ0v) is 13.4. The molecule has 1 aromatic rings. The number of nitrogens with two attached hydrogens (primary N) is 1. The lowest BCUT2D eigenvalue weighted by molar-refractivity contribution is 0.0414. The number of anilines is 1. The number of hydrogen-bond acceptors (Lipinski definition) is 3. The minimum atomic E-state index is -0.0550. The van der Waals surface area contributed by atoms with Crippen molar-refractivity contribution < 1.29 is 4.79 Å². The van der Waals surface area contributed by atoms with Crippen LogP contribution in [0.3, 0.4) is 0 Å². The summed E-state index contributed by atoms with van der Waals surface area (Å²) < 4.78 is 0. The van der Waals surface area contributed by atoms with E-state index in [9.17, 15) is 4.79 Å². The number of rotatable bonds is 1. The number of likely N-dealkylation sites (N-methyl/N-ethyl adjacent to an activating group) is 1. The number of carbonyl (C=O) groups is 1. The Labute approximate surface area is 129 Å². The number of carbonyl (C=O) groups excluding carboxylic acids is 1. The number of amides is 1. The fourth-order valence-corrected chi connectivity index (χ4v) is 2.95. The van der Waals surface area contributed by atoms with Gasteiger partial charge in [-0.2, -0.15) is 0 Å². The Hall–Kier alpha value is -0.970. The molecular weight excluding hydrogens is 297 g/mol. The highest BCUT2D eigenvalue weighted by Crippen LogP contribution is 2.29. The molecule has 1 aliphatic heterocycles. The smallest absolute Gasteiger partial charge is 0.254 e. The molecule has 1 amide bonds. The number of nitrogens with zero attached hydrogens (tertiary/aromatic N) is 2. The standard InChI is InChI=1S/C14H19Cl2N3O/c1-8-6-19(7-9(2)18(8)3)14(20)10-4-11(15)13(17)12(16)5-10/h4-5,8-9H,6-7,17H2,1-3H3. The molecule has 2 atom stereocenters. The van der Waals surface area contributed by atoms with Crippen LogP contribution in [-0.4, -0.2) is 47.9 Å². The number of benzene rings is 1.